The summed E-state index contributed by atoms with van der Waals surface area (Å²) in [6.07, 6.45) is -1.59. The number of hydrazone groups is 1. The Morgan fingerprint density at radius 1 is 1.04 bits per heavy atom. The van der Waals surface area contributed by atoms with E-state index in [1.54, 1.807) is 6.07 Å². The van der Waals surface area contributed by atoms with E-state index in [4.69, 9.17) is 0 Å². The Balaban J connectivity index is 1.91. The highest BCUT2D eigenvalue weighted by Crippen LogP contribution is 2.33. The minimum Gasteiger partial charge on any atom is -0.278 e. The highest BCUT2D eigenvalue weighted by molar-refractivity contribution is 5.92. The van der Waals surface area contributed by atoms with Gasteiger partial charge in [-0.2, -0.15) is 18.3 Å². The molecule has 3 rings (SSSR count). The Kier molecular flexibility index (Phi) is 4.16. The molecule has 0 bridgehead atoms. The van der Waals surface area contributed by atoms with Gasteiger partial charge in [-0.1, -0.05) is 12.1 Å². The summed E-state index contributed by atoms with van der Waals surface area (Å²) in [5.74, 6) is -0.400. The van der Waals surface area contributed by atoms with Crippen LogP contribution in [0.1, 0.15) is 11.1 Å². The van der Waals surface area contributed by atoms with E-state index in [0.717, 1.165) is 12.1 Å². The first-order valence-corrected chi connectivity index (χ1v) is 6.94. The van der Waals surface area contributed by atoms with Crippen molar-refractivity contribution in [2.24, 2.45) is 5.10 Å². The quantitative estimate of drug-likeness (QED) is 0.423. The van der Waals surface area contributed by atoms with Crippen LogP contribution in [0.5, 0.6) is 0 Å². The van der Waals surface area contributed by atoms with Gasteiger partial charge in [-0.25, -0.2) is 4.39 Å². The molecule has 0 fully saturated rings. The van der Waals surface area contributed by atoms with Crippen LogP contribution in [0.25, 0.3) is 10.9 Å². The van der Waals surface area contributed by atoms with E-state index in [-0.39, 0.29) is 0 Å². The van der Waals surface area contributed by atoms with E-state index < -0.39 is 17.6 Å². The van der Waals surface area contributed by atoms with Gasteiger partial charge in [0.05, 0.1) is 23.0 Å². The molecule has 1 aromatic heterocycles. The van der Waals surface area contributed by atoms with Crippen LogP contribution >= 0.6 is 0 Å². The fourth-order valence-corrected chi connectivity index (χ4v) is 2.18. The molecule has 0 spiro atoms. The first-order chi connectivity index (χ1) is 11.4. The van der Waals surface area contributed by atoms with Crippen molar-refractivity contribution in [3.63, 3.8) is 0 Å². The Hall–Kier alpha value is -2.96. The van der Waals surface area contributed by atoms with Gasteiger partial charge in [-0.15, -0.1) is 0 Å². The zero-order valence-corrected chi connectivity index (χ0v) is 12.2. The topological polar surface area (TPSA) is 37.3 Å². The van der Waals surface area contributed by atoms with Crippen molar-refractivity contribution in [1.82, 2.24) is 4.98 Å². The molecule has 7 heteroatoms. The van der Waals surface area contributed by atoms with Gasteiger partial charge in [-0.05, 0) is 42.0 Å². The van der Waals surface area contributed by atoms with E-state index in [1.165, 1.54) is 42.7 Å². The van der Waals surface area contributed by atoms with Gasteiger partial charge in [0, 0.05) is 11.6 Å². The average Bonchev–Trinajstić information content (AvgIpc) is 2.54. The number of nitrogens with zero attached hydrogens (tertiary/aromatic N) is 2. The number of fused-ring (bicyclic) bond motifs is 1. The molecule has 1 N–H and O–H groups in total. The van der Waals surface area contributed by atoms with Crippen LogP contribution in [0.2, 0.25) is 0 Å². The van der Waals surface area contributed by atoms with Gasteiger partial charge < -0.3 is 0 Å². The molecule has 2 aromatic carbocycles. The zero-order valence-electron chi connectivity index (χ0n) is 12.2. The molecule has 1 heterocycles. The van der Waals surface area contributed by atoms with Crippen LogP contribution in [-0.4, -0.2) is 11.2 Å². The molecule has 0 aliphatic carbocycles. The lowest BCUT2D eigenvalue weighted by atomic mass is 10.1. The molecule has 3 aromatic rings. The van der Waals surface area contributed by atoms with Crippen molar-refractivity contribution >= 4 is 22.8 Å². The van der Waals surface area contributed by atoms with Gasteiger partial charge >= 0.3 is 6.18 Å². The fourth-order valence-electron chi connectivity index (χ4n) is 2.18. The van der Waals surface area contributed by atoms with Crippen molar-refractivity contribution < 1.29 is 17.6 Å². The van der Waals surface area contributed by atoms with Crippen LogP contribution in [0.4, 0.5) is 23.2 Å². The molecule has 0 atom stereocenters. The maximum Gasteiger partial charge on any atom is 0.416 e. The number of anilines is 1. The molecule has 0 saturated carbocycles. The summed E-state index contributed by atoms with van der Waals surface area (Å²) in [5.41, 5.74) is 3.22. The third-order valence-electron chi connectivity index (χ3n) is 3.32. The first kappa shape index (κ1) is 15.9. The molecular formula is C17H11F4N3. The number of pyridine rings is 1. The van der Waals surface area contributed by atoms with Gasteiger partial charge in [0.25, 0.3) is 0 Å². The number of halogens is 4. The molecule has 24 heavy (non-hydrogen) atoms. The molecule has 0 amide bonds. The Morgan fingerprint density at radius 2 is 1.88 bits per heavy atom. The Morgan fingerprint density at radius 3 is 2.62 bits per heavy atom. The second kappa shape index (κ2) is 6.27. The van der Waals surface area contributed by atoms with Gasteiger partial charge in [0.1, 0.15) is 5.82 Å². The number of nitrogens with one attached hydrogen (secondary N) is 1. The summed E-state index contributed by atoms with van der Waals surface area (Å²) in [5, 5.41) is 4.24. The van der Waals surface area contributed by atoms with Crippen molar-refractivity contribution in [1.29, 1.82) is 0 Å². The lowest BCUT2D eigenvalue weighted by Crippen LogP contribution is -2.04. The largest absolute Gasteiger partial charge is 0.416 e. The van der Waals surface area contributed by atoms with Crippen LogP contribution in [-0.2, 0) is 6.18 Å². The first-order valence-electron chi connectivity index (χ1n) is 6.94. The van der Waals surface area contributed by atoms with Crippen LogP contribution in [0.3, 0.4) is 0 Å². The standard InChI is InChI=1S/C17H11F4N3/c18-13-3-1-2-11(8-13)10-23-24-16-6-7-22-15-5-4-12(9-14(15)16)17(19,20)21/h1-10H,(H,22,24)/b23-10+. The molecule has 3 nitrogen and oxygen atoms in total. The summed E-state index contributed by atoms with van der Waals surface area (Å²) in [7, 11) is 0. The average molecular weight is 333 g/mol. The molecular weight excluding hydrogens is 322 g/mol. The Labute approximate surface area is 134 Å². The lowest BCUT2D eigenvalue weighted by molar-refractivity contribution is -0.137. The van der Waals surface area contributed by atoms with Gasteiger partial charge in [0.15, 0.2) is 0 Å². The van der Waals surface area contributed by atoms with E-state index in [9.17, 15) is 17.6 Å². The third-order valence-corrected chi connectivity index (χ3v) is 3.32. The summed E-state index contributed by atoms with van der Waals surface area (Å²) < 4.78 is 51.6. The van der Waals surface area contributed by atoms with E-state index in [0.29, 0.717) is 22.2 Å². The highest BCUT2D eigenvalue weighted by Gasteiger charge is 2.30. The smallest absolute Gasteiger partial charge is 0.278 e. The summed E-state index contributed by atoms with van der Waals surface area (Å²) in [6.45, 7) is 0. The van der Waals surface area contributed by atoms with Gasteiger partial charge in [-0.3, -0.25) is 10.4 Å². The SMILES string of the molecule is Fc1cccc(/C=N/Nc2ccnc3ccc(C(F)(F)F)cc23)c1. The van der Waals surface area contributed by atoms with Crippen LogP contribution in [0.15, 0.2) is 59.8 Å². The summed E-state index contributed by atoms with van der Waals surface area (Å²) in [4.78, 5) is 4.03. The summed E-state index contributed by atoms with van der Waals surface area (Å²) >= 11 is 0. The van der Waals surface area contributed by atoms with Crippen LogP contribution < -0.4 is 5.43 Å². The van der Waals surface area contributed by atoms with E-state index in [2.05, 4.69) is 15.5 Å². The van der Waals surface area contributed by atoms with Crippen LogP contribution in [0, 0.1) is 5.82 Å². The number of aromatic nitrogens is 1. The normalized spacial score (nSPS) is 12.0. The van der Waals surface area contributed by atoms with E-state index in [1.807, 2.05) is 0 Å². The predicted octanol–water partition coefficient (Wildman–Crippen LogP) is 4.84. The van der Waals surface area contributed by atoms with Crippen molar-refractivity contribution in [3.8, 4) is 0 Å². The van der Waals surface area contributed by atoms with E-state index >= 15 is 0 Å². The Bertz CT molecular complexity index is 904. The van der Waals surface area contributed by atoms with Gasteiger partial charge in [0.2, 0.25) is 0 Å². The number of hydrogen-bond donors (Lipinski definition) is 1. The highest BCUT2D eigenvalue weighted by atomic mass is 19.4. The number of hydrogen-bond acceptors (Lipinski definition) is 3. The maximum absolute atomic E-state index is 13.1. The maximum atomic E-state index is 13.1. The molecule has 0 aliphatic rings. The molecule has 122 valence electrons. The summed E-state index contributed by atoms with van der Waals surface area (Å²) in [6, 6.07) is 10.6. The molecule has 0 aliphatic heterocycles. The second-order valence-corrected chi connectivity index (χ2v) is 5.01. The number of benzene rings is 2. The second-order valence-electron chi connectivity index (χ2n) is 5.01. The zero-order chi connectivity index (χ0) is 17.2. The third kappa shape index (κ3) is 3.51. The van der Waals surface area contributed by atoms with Crippen molar-refractivity contribution in [2.45, 2.75) is 6.18 Å². The molecule has 0 saturated heterocycles. The number of rotatable bonds is 3. The lowest BCUT2D eigenvalue weighted by Gasteiger charge is -2.10. The number of alkyl halides is 3. The molecule has 0 radical (unpaired) electrons. The minimum atomic E-state index is -4.44. The predicted molar refractivity (Wildman–Crippen MR) is 84.4 cm³/mol. The molecule has 0 unspecified atom stereocenters. The monoisotopic (exact) mass is 333 g/mol. The fraction of sp³-hybridized carbons (Fsp3) is 0.0588. The van der Waals surface area contributed by atoms with Crippen molar-refractivity contribution in [3.05, 3.63) is 71.7 Å². The van der Waals surface area contributed by atoms with Crippen molar-refractivity contribution in [2.75, 3.05) is 5.43 Å². The minimum absolute atomic E-state index is 0.295.